The fourth-order valence-electron chi connectivity index (χ4n) is 2.02. The molecule has 0 unspecified atom stereocenters. The fourth-order valence-corrected chi connectivity index (χ4v) is 2.02. The summed E-state index contributed by atoms with van der Waals surface area (Å²) in [6.45, 7) is 0.411. The molecule has 2 rings (SSSR count). The minimum atomic E-state index is -1.95. The van der Waals surface area contributed by atoms with Crippen molar-refractivity contribution in [3.05, 3.63) is 65.5 Å². The van der Waals surface area contributed by atoms with Crippen molar-refractivity contribution in [2.24, 2.45) is 0 Å². The summed E-state index contributed by atoms with van der Waals surface area (Å²) in [5.41, 5.74) is 0.866. The van der Waals surface area contributed by atoms with Crippen molar-refractivity contribution in [1.29, 1.82) is 0 Å². The van der Waals surface area contributed by atoms with Gasteiger partial charge >= 0.3 is 7.12 Å². The van der Waals surface area contributed by atoms with Crippen molar-refractivity contribution >= 4 is 18.5 Å². The predicted molar refractivity (Wildman–Crippen MR) is 78.5 cm³/mol. The Morgan fingerprint density at radius 3 is 2.48 bits per heavy atom. The Bertz CT molecular complexity index is 634. The average Bonchev–Trinajstić information content (AvgIpc) is 2.47. The van der Waals surface area contributed by atoms with Crippen LogP contribution in [0.2, 0.25) is 0 Å². The van der Waals surface area contributed by atoms with Crippen molar-refractivity contribution in [2.45, 2.75) is 6.54 Å². The number of hydrogen-bond donors (Lipinski definition) is 2. The van der Waals surface area contributed by atoms with Crippen LogP contribution >= 0.6 is 0 Å². The molecule has 0 bridgehead atoms. The molecule has 0 aromatic heterocycles. The second-order valence-corrected chi connectivity index (χ2v) is 4.76. The number of benzene rings is 2. The second kappa shape index (κ2) is 6.52. The molecular weight excluding hydrogens is 272 g/mol. The van der Waals surface area contributed by atoms with Crippen LogP contribution in [0.3, 0.4) is 0 Å². The van der Waals surface area contributed by atoms with Gasteiger partial charge < -0.3 is 14.9 Å². The van der Waals surface area contributed by atoms with Crippen LogP contribution in [-0.4, -0.2) is 35.0 Å². The first kappa shape index (κ1) is 15.2. The highest BCUT2D eigenvalue weighted by atomic mass is 19.1. The monoisotopic (exact) mass is 287 g/mol. The number of carbonyl (C=O) groups excluding carboxylic acids is 1. The van der Waals surface area contributed by atoms with Crippen molar-refractivity contribution < 1.29 is 19.2 Å². The molecule has 0 fully saturated rings. The van der Waals surface area contributed by atoms with E-state index in [9.17, 15) is 9.18 Å². The van der Waals surface area contributed by atoms with E-state index in [-0.39, 0.29) is 16.9 Å². The van der Waals surface area contributed by atoms with Crippen LogP contribution in [0.5, 0.6) is 0 Å². The van der Waals surface area contributed by atoms with Gasteiger partial charge in [-0.2, -0.15) is 0 Å². The summed E-state index contributed by atoms with van der Waals surface area (Å²) in [6.07, 6.45) is 0. The Morgan fingerprint density at radius 2 is 1.86 bits per heavy atom. The van der Waals surface area contributed by atoms with Crippen LogP contribution in [0.1, 0.15) is 15.9 Å². The van der Waals surface area contributed by atoms with Crippen molar-refractivity contribution in [3.8, 4) is 0 Å². The first-order valence-electron chi connectivity index (χ1n) is 6.44. The van der Waals surface area contributed by atoms with Crippen LogP contribution < -0.4 is 5.46 Å². The van der Waals surface area contributed by atoms with E-state index in [1.165, 1.54) is 11.0 Å². The Balaban J connectivity index is 2.18. The molecule has 0 radical (unpaired) electrons. The molecule has 4 nitrogen and oxygen atoms in total. The van der Waals surface area contributed by atoms with Crippen LogP contribution in [0.4, 0.5) is 4.39 Å². The number of amides is 1. The summed E-state index contributed by atoms with van der Waals surface area (Å²) in [5, 5.41) is 18.2. The zero-order valence-electron chi connectivity index (χ0n) is 11.5. The first-order valence-corrected chi connectivity index (χ1v) is 6.44. The van der Waals surface area contributed by atoms with Gasteiger partial charge in [-0.15, -0.1) is 0 Å². The largest absolute Gasteiger partial charge is 0.491 e. The first-order chi connectivity index (χ1) is 9.99. The lowest BCUT2D eigenvalue weighted by atomic mass is 9.79. The third-order valence-electron chi connectivity index (χ3n) is 3.13. The molecule has 0 saturated heterocycles. The summed E-state index contributed by atoms with van der Waals surface area (Å²) < 4.78 is 13.4. The van der Waals surface area contributed by atoms with Crippen LogP contribution in [0, 0.1) is 5.82 Å². The normalized spacial score (nSPS) is 10.3. The lowest BCUT2D eigenvalue weighted by Crippen LogP contribution is -2.34. The van der Waals surface area contributed by atoms with E-state index in [2.05, 4.69) is 0 Å². The smallest absolute Gasteiger partial charge is 0.423 e. The molecule has 0 spiro atoms. The topological polar surface area (TPSA) is 60.8 Å². The van der Waals surface area contributed by atoms with Crippen molar-refractivity contribution in [2.75, 3.05) is 7.05 Å². The van der Waals surface area contributed by atoms with E-state index in [0.717, 1.165) is 17.7 Å². The van der Waals surface area contributed by atoms with Gasteiger partial charge in [-0.3, -0.25) is 4.79 Å². The standard InChI is InChI=1S/C15H15BFNO3/c1-18(10-11-5-3-2-4-6-11)15(19)12-7-8-14(17)13(9-12)16(20)21/h2-9,20-21H,10H2,1H3. The summed E-state index contributed by atoms with van der Waals surface area (Å²) in [7, 11) is -0.314. The molecular formula is C15H15BFNO3. The quantitative estimate of drug-likeness (QED) is 0.817. The number of nitrogens with zero attached hydrogens (tertiary/aromatic N) is 1. The number of carbonyl (C=O) groups is 1. The molecule has 2 N–H and O–H groups in total. The second-order valence-electron chi connectivity index (χ2n) is 4.76. The lowest BCUT2D eigenvalue weighted by Gasteiger charge is -2.18. The maximum Gasteiger partial charge on any atom is 0.491 e. The number of halogens is 1. The SMILES string of the molecule is CN(Cc1ccccc1)C(=O)c1ccc(F)c(B(O)O)c1. The van der Waals surface area contributed by atoms with Gasteiger partial charge in [0.05, 0.1) is 0 Å². The third-order valence-corrected chi connectivity index (χ3v) is 3.13. The molecule has 1 amide bonds. The summed E-state index contributed by atoms with van der Waals surface area (Å²) in [6, 6.07) is 13.0. The van der Waals surface area contributed by atoms with Gasteiger partial charge in [-0.25, -0.2) is 4.39 Å². The van der Waals surface area contributed by atoms with Gasteiger partial charge in [-0.05, 0) is 23.8 Å². The van der Waals surface area contributed by atoms with Gasteiger partial charge in [0.2, 0.25) is 0 Å². The molecule has 2 aromatic carbocycles. The van der Waals surface area contributed by atoms with Gasteiger partial charge in [0.15, 0.2) is 0 Å². The average molecular weight is 287 g/mol. The zero-order chi connectivity index (χ0) is 15.4. The molecule has 21 heavy (non-hydrogen) atoms. The Kier molecular flexibility index (Phi) is 4.72. The van der Waals surface area contributed by atoms with Crippen LogP contribution in [0.15, 0.2) is 48.5 Å². The molecule has 108 valence electrons. The maximum absolute atomic E-state index is 13.4. The van der Waals surface area contributed by atoms with Crippen molar-refractivity contribution in [1.82, 2.24) is 4.90 Å². The van der Waals surface area contributed by atoms with E-state index < -0.39 is 12.9 Å². The third kappa shape index (κ3) is 3.68. The molecule has 0 aliphatic rings. The Labute approximate surface area is 122 Å². The zero-order valence-corrected chi connectivity index (χ0v) is 11.5. The van der Waals surface area contributed by atoms with E-state index in [1.54, 1.807) is 7.05 Å². The minimum absolute atomic E-state index is 0.206. The predicted octanol–water partition coefficient (Wildman–Crippen LogP) is 0.778. The van der Waals surface area contributed by atoms with Gasteiger partial charge in [0.25, 0.3) is 5.91 Å². The minimum Gasteiger partial charge on any atom is -0.423 e. The van der Waals surface area contributed by atoms with Gasteiger partial charge in [0.1, 0.15) is 5.82 Å². The van der Waals surface area contributed by atoms with Gasteiger partial charge in [-0.1, -0.05) is 30.3 Å². The number of rotatable bonds is 4. The van der Waals surface area contributed by atoms with Crippen LogP contribution in [-0.2, 0) is 6.54 Å². The molecule has 6 heteroatoms. The lowest BCUT2D eigenvalue weighted by molar-refractivity contribution is 0.0785. The Morgan fingerprint density at radius 1 is 1.19 bits per heavy atom. The van der Waals surface area contributed by atoms with E-state index >= 15 is 0 Å². The summed E-state index contributed by atoms with van der Waals surface area (Å²) >= 11 is 0. The van der Waals surface area contributed by atoms with Crippen molar-refractivity contribution in [3.63, 3.8) is 0 Å². The van der Waals surface area contributed by atoms with E-state index in [4.69, 9.17) is 10.0 Å². The highest BCUT2D eigenvalue weighted by Crippen LogP contribution is 2.09. The van der Waals surface area contributed by atoms with Crippen LogP contribution in [0.25, 0.3) is 0 Å². The fraction of sp³-hybridized carbons (Fsp3) is 0.133. The molecule has 0 saturated carbocycles. The molecule has 2 aromatic rings. The highest BCUT2D eigenvalue weighted by Gasteiger charge is 2.20. The molecule has 0 aliphatic heterocycles. The molecule has 0 atom stereocenters. The van der Waals surface area contributed by atoms with E-state index in [1.807, 2.05) is 30.3 Å². The molecule has 0 heterocycles. The van der Waals surface area contributed by atoms with E-state index in [0.29, 0.717) is 6.54 Å². The summed E-state index contributed by atoms with van der Waals surface area (Å²) in [5.74, 6) is -1.08. The van der Waals surface area contributed by atoms with Gasteiger partial charge in [0, 0.05) is 24.6 Å². The summed E-state index contributed by atoms with van der Waals surface area (Å²) in [4.78, 5) is 13.8. The number of hydrogen-bond acceptors (Lipinski definition) is 3. The maximum atomic E-state index is 13.4. The molecule has 0 aliphatic carbocycles. The highest BCUT2D eigenvalue weighted by molar-refractivity contribution is 6.58. The Hall–Kier alpha value is -2.18.